The largest absolute Gasteiger partial charge is 0.466 e. The van der Waals surface area contributed by atoms with Gasteiger partial charge in [-0.3, -0.25) is 4.79 Å². The molecule has 0 aliphatic carbocycles. The number of nitrogens with one attached hydrogen (secondary N) is 1. The Hall–Kier alpha value is -3.42. The maximum Gasteiger partial charge on any atom is 0.427 e. The molecule has 11 nitrogen and oxygen atoms in total. The number of aromatic nitrogens is 2. The van der Waals surface area contributed by atoms with E-state index in [0.29, 0.717) is 24.5 Å². The van der Waals surface area contributed by atoms with Crippen molar-refractivity contribution < 1.29 is 28.6 Å². The smallest absolute Gasteiger partial charge is 0.427 e. The summed E-state index contributed by atoms with van der Waals surface area (Å²) in [6.07, 6.45) is -0.264. The first kappa shape index (κ1) is 26.6. The summed E-state index contributed by atoms with van der Waals surface area (Å²) in [7, 11) is 0. The number of hydrogen-bond donors (Lipinski definition) is 1. The Morgan fingerprint density at radius 2 is 1.66 bits per heavy atom. The Kier molecular flexibility index (Phi) is 9.37. The Labute approximate surface area is 188 Å². The van der Waals surface area contributed by atoms with E-state index >= 15 is 0 Å². The van der Waals surface area contributed by atoms with Crippen molar-refractivity contribution in [2.45, 2.75) is 72.5 Å². The van der Waals surface area contributed by atoms with Crippen molar-refractivity contribution in [3.63, 3.8) is 0 Å². The summed E-state index contributed by atoms with van der Waals surface area (Å²) in [6, 6.07) is 1.94. The van der Waals surface area contributed by atoms with Crippen LogP contribution in [0.5, 0.6) is 0 Å². The highest BCUT2D eigenvalue weighted by Crippen LogP contribution is 2.21. The fourth-order valence-electron chi connectivity index (χ4n) is 2.22. The molecule has 0 saturated heterocycles. The van der Waals surface area contributed by atoms with Gasteiger partial charge in [0.15, 0.2) is 0 Å². The van der Waals surface area contributed by atoms with E-state index in [0.717, 1.165) is 0 Å². The third-order valence-corrected chi connectivity index (χ3v) is 3.40. The average Bonchev–Trinajstić information content (AvgIpc) is 2.63. The zero-order chi connectivity index (χ0) is 24.5. The molecule has 0 unspecified atom stereocenters. The molecular formula is C21H31N5O6. The predicted molar refractivity (Wildman–Crippen MR) is 116 cm³/mol. The third kappa shape index (κ3) is 9.16. The zero-order valence-electron chi connectivity index (χ0n) is 19.6. The third-order valence-electron chi connectivity index (χ3n) is 3.40. The Morgan fingerprint density at radius 3 is 2.12 bits per heavy atom. The molecule has 0 spiro atoms. The van der Waals surface area contributed by atoms with E-state index in [2.05, 4.69) is 15.3 Å². The number of anilines is 2. The lowest BCUT2D eigenvalue weighted by Crippen LogP contribution is -2.44. The van der Waals surface area contributed by atoms with Gasteiger partial charge in [0.05, 0.1) is 12.8 Å². The van der Waals surface area contributed by atoms with Crippen molar-refractivity contribution in [1.82, 2.24) is 9.97 Å². The van der Waals surface area contributed by atoms with Crippen LogP contribution in [0.1, 0.15) is 66.9 Å². The molecular weight excluding hydrogens is 418 g/mol. The van der Waals surface area contributed by atoms with Gasteiger partial charge >= 0.3 is 18.2 Å². The Morgan fingerprint density at radius 1 is 1.09 bits per heavy atom. The summed E-state index contributed by atoms with van der Waals surface area (Å²) in [5.74, 6) is -0.557. The molecule has 0 atom stereocenters. The second kappa shape index (κ2) is 11.3. The minimum atomic E-state index is -1.02. The highest BCUT2D eigenvalue weighted by atomic mass is 16.6. The first-order chi connectivity index (χ1) is 14.8. The quantitative estimate of drug-likeness (QED) is 0.371. The lowest BCUT2D eigenvalue weighted by Gasteiger charge is -2.27. The van der Waals surface area contributed by atoms with Gasteiger partial charge in [0.2, 0.25) is 5.95 Å². The monoisotopic (exact) mass is 449 g/mol. The second-order valence-electron chi connectivity index (χ2n) is 8.68. The van der Waals surface area contributed by atoms with Crippen LogP contribution in [0.3, 0.4) is 0 Å². The summed E-state index contributed by atoms with van der Waals surface area (Å²) >= 11 is 0. The number of nitrogens with zero attached hydrogens (tertiary/aromatic N) is 4. The van der Waals surface area contributed by atoms with Crippen LogP contribution in [0.2, 0.25) is 0 Å². The SMILES string of the molecule is CCOC(=O)CCCNc1nc(N(C(=O)OC(C)(C)C)C(=O)OC(C)(C)C)ncc1C#N. The summed E-state index contributed by atoms with van der Waals surface area (Å²) in [5.41, 5.74) is -1.69. The lowest BCUT2D eigenvalue weighted by molar-refractivity contribution is -0.143. The van der Waals surface area contributed by atoms with E-state index in [-0.39, 0.29) is 29.7 Å². The maximum absolute atomic E-state index is 12.7. The van der Waals surface area contributed by atoms with Gasteiger partial charge in [-0.05, 0) is 54.9 Å². The van der Waals surface area contributed by atoms with E-state index in [1.54, 1.807) is 48.5 Å². The lowest BCUT2D eigenvalue weighted by atomic mass is 10.2. The van der Waals surface area contributed by atoms with E-state index in [9.17, 15) is 19.6 Å². The van der Waals surface area contributed by atoms with Crippen LogP contribution in [0.4, 0.5) is 21.4 Å². The van der Waals surface area contributed by atoms with E-state index in [1.807, 2.05) is 6.07 Å². The molecule has 32 heavy (non-hydrogen) atoms. The molecule has 176 valence electrons. The summed E-state index contributed by atoms with van der Waals surface area (Å²) < 4.78 is 15.5. The molecule has 1 N–H and O–H groups in total. The number of amides is 2. The number of hydrogen-bond acceptors (Lipinski definition) is 10. The van der Waals surface area contributed by atoms with Crippen molar-refractivity contribution in [3.8, 4) is 6.07 Å². The van der Waals surface area contributed by atoms with Crippen LogP contribution >= 0.6 is 0 Å². The zero-order valence-corrected chi connectivity index (χ0v) is 19.6. The Bertz CT molecular complexity index is 839. The molecule has 0 aromatic carbocycles. The molecule has 0 saturated carbocycles. The normalized spacial score (nSPS) is 11.2. The fourth-order valence-corrected chi connectivity index (χ4v) is 2.22. The van der Waals surface area contributed by atoms with Crippen molar-refractivity contribution in [2.24, 2.45) is 0 Å². The number of nitriles is 1. The highest BCUT2D eigenvalue weighted by molar-refractivity contribution is 6.08. The van der Waals surface area contributed by atoms with Crippen LogP contribution in [0.15, 0.2) is 6.20 Å². The molecule has 2 amide bonds. The van der Waals surface area contributed by atoms with Gasteiger partial charge in [0.1, 0.15) is 28.7 Å². The molecule has 0 radical (unpaired) electrons. The molecule has 0 bridgehead atoms. The first-order valence-electron chi connectivity index (χ1n) is 10.2. The fraction of sp³-hybridized carbons (Fsp3) is 0.619. The first-order valence-corrected chi connectivity index (χ1v) is 10.2. The average molecular weight is 450 g/mol. The van der Waals surface area contributed by atoms with Gasteiger partial charge < -0.3 is 19.5 Å². The van der Waals surface area contributed by atoms with Crippen molar-refractivity contribution in [3.05, 3.63) is 11.8 Å². The molecule has 1 rings (SSSR count). The van der Waals surface area contributed by atoms with Crippen LogP contribution in [-0.2, 0) is 19.0 Å². The van der Waals surface area contributed by atoms with Gasteiger partial charge in [0.25, 0.3) is 0 Å². The van der Waals surface area contributed by atoms with Crippen molar-refractivity contribution in [1.29, 1.82) is 5.26 Å². The number of imide groups is 1. The summed E-state index contributed by atoms with van der Waals surface area (Å²) in [5, 5.41) is 12.3. The number of rotatable bonds is 7. The predicted octanol–water partition coefficient (Wildman–Crippen LogP) is 3.78. The number of carbonyl (C=O) groups is 3. The molecule has 1 heterocycles. The van der Waals surface area contributed by atoms with E-state index in [4.69, 9.17) is 14.2 Å². The molecule has 1 aromatic heterocycles. The highest BCUT2D eigenvalue weighted by Gasteiger charge is 2.35. The topological polar surface area (TPSA) is 144 Å². The van der Waals surface area contributed by atoms with E-state index in [1.165, 1.54) is 6.20 Å². The van der Waals surface area contributed by atoms with Gasteiger partial charge in [-0.25, -0.2) is 14.6 Å². The minimum absolute atomic E-state index is 0.0956. The standard InChI is InChI=1S/C21H31N5O6/c1-8-30-15(27)10-9-11-23-16-14(12-22)13-24-17(25-16)26(18(28)31-20(2,3)4)19(29)32-21(5,6)7/h13H,8-11H2,1-7H3,(H,23,24,25). The van der Waals surface area contributed by atoms with Crippen LogP contribution < -0.4 is 10.2 Å². The number of esters is 1. The van der Waals surface area contributed by atoms with Gasteiger partial charge in [-0.15, -0.1) is 4.90 Å². The molecule has 0 aliphatic rings. The van der Waals surface area contributed by atoms with Crippen molar-refractivity contribution in [2.75, 3.05) is 23.4 Å². The van der Waals surface area contributed by atoms with E-state index < -0.39 is 23.4 Å². The molecule has 0 aliphatic heterocycles. The van der Waals surface area contributed by atoms with Gasteiger partial charge in [-0.2, -0.15) is 10.2 Å². The summed E-state index contributed by atoms with van der Waals surface area (Å²) in [6.45, 7) is 12.2. The number of ether oxygens (including phenoxy) is 3. The van der Waals surface area contributed by atoms with Crippen LogP contribution in [0.25, 0.3) is 0 Å². The van der Waals surface area contributed by atoms with Crippen LogP contribution in [-0.4, -0.2) is 52.5 Å². The molecule has 0 fully saturated rings. The minimum Gasteiger partial charge on any atom is -0.466 e. The van der Waals surface area contributed by atoms with Crippen molar-refractivity contribution >= 4 is 29.9 Å². The summed E-state index contributed by atoms with van der Waals surface area (Å²) in [4.78, 5) is 45.6. The maximum atomic E-state index is 12.7. The van der Waals surface area contributed by atoms with Gasteiger partial charge in [0, 0.05) is 13.0 Å². The molecule has 1 aromatic rings. The Balaban J connectivity index is 3.17. The number of carbonyl (C=O) groups excluding carboxylic acids is 3. The van der Waals surface area contributed by atoms with Gasteiger partial charge in [-0.1, -0.05) is 0 Å². The van der Waals surface area contributed by atoms with Crippen LogP contribution in [0, 0.1) is 11.3 Å². The molecule has 11 heteroatoms. The second-order valence-corrected chi connectivity index (χ2v) is 8.68.